The molecule has 1 N–H and O–H groups in total. The number of nitrogens with one attached hydrogen (secondary N) is 1. The van der Waals surface area contributed by atoms with Crippen LogP contribution in [0, 0.1) is 11.3 Å². The van der Waals surface area contributed by atoms with E-state index < -0.39 is 6.09 Å². The summed E-state index contributed by atoms with van der Waals surface area (Å²) in [5.41, 5.74) is 0.501. The molecule has 0 radical (unpaired) electrons. The number of hydrogen-bond acceptors (Lipinski definition) is 4. The Morgan fingerprint density at radius 1 is 1.38 bits per heavy atom. The van der Waals surface area contributed by atoms with Gasteiger partial charge in [-0.15, -0.1) is 0 Å². The van der Waals surface area contributed by atoms with Crippen molar-refractivity contribution in [3.63, 3.8) is 0 Å². The molecule has 0 aliphatic rings. The molecule has 108 valence electrons. The van der Waals surface area contributed by atoms with Crippen LogP contribution in [0.2, 0.25) is 15.1 Å². The summed E-state index contributed by atoms with van der Waals surface area (Å²) in [6, 6.07) is 5.00. The Balaban J connectivity index is 2.60. The standard InChI is InChI=1S/C12H7Cl3N4O2/c1-21-12(20)18-11-6(4-16)5-17-19(11)8-3-2-7(13)9(14)10(8)15/h2-3,5H,1H3,(H,18,20). The third-order valence-electron chi connectivity index (χ3n) is 2.54. The van der Waals surface area contributed by atoms with E-state index in [-0.39, 0.29) is 26.4 Å². The minimum Gasteiger partial charge on any atom is -0.453 e. The van der Waals surface area contributed by atoms with Crippen LogP contribution in [-0.4, -0.2) is 23.0 Å². The molecule has 1 aromatic carbocycles. The third-order valence-corrected chi connectivity index (χ3v) is 3.82. The van der Waals surface area contributed by atoms with E-state index in [4.69, 9.17) is 40.1 Å². The topological polar surface area (TPSA) is 79.9 Å². The first-order valence-corrected chi connectivity index (χ1v) is 6.60. The van der Waals surface area contributed by atoms with Crippen LogP contribution in [0.4, 0.5) is 10.6 Å². The van der Waals surface area contributed by atoms with Crippen molar-refractivity contribution in [1.29, 1.82) is 5.26 Å². The molecular weight excluding hydrogens is 339 g/mol. The Bertz CT molecular complexity index is 752. The molecule has 0 saturated heterocycles. The number of methoxy groups -OCH3 is 1. The van der Waals surface area contributed by atoms with Crippen LogP contribution < -0.4 is 5.32 Å². The van der Waals surface area contributed by atoms with Crippen LogP contribution in [0.1, 0.15) is 5.56 Å². The number of rotatable bonds is 2. The SMILES string of the molecule is COC(=O)Nc1c(C#N)cnn1-c1ccc(Cl)c(Cl)c1Cl. The first-order chi connectivity index (χ1) is 9.99. The summed E-state index contributed by atoms with van der Waals surface area (Å²) >= 11 is 18.0. The van der Waals surface area contributed by atoms with Crippen LogP contribution in [0.3, 0.4) is 0 Å². The molecule has 21 heavy (non-hydrogen) atoms. The van der Waals surface area contributed by atoms with E-state index >= 15 is 0 Å². The number of amides is 1. The number of aromatic nitrogens is 2. The van der Waals surface area contributed by atoms with Gasteiger partial charge in [0.1, 0.15) is 11.6 Å². The zero-order chi connectivity index (χ0) is 15.6. The molecule has 0 atom stereocenters. The van der Waals surface area contributed by atoms with E-state index in [0.717, 1.165) is 0 Å². The number of ether oxygens (including phenoxy) is 1. The predicted molar refractivity (Wildman–Crippen MR) is 79.3 cm³/mol. The average molecular weight is 346 g/mol. The Morgan fingerprint density at radius 3 is 2.71 bits per heavy atom. The highest BCUT2D eigenvalue weighted by atomic mass is 35.5. The van der Waals surface area contributed by atoms with Crippen LogP contribution in [-0.2, 0) is 4.74 Å². The lowest BCUT2D eigenvalue weighted by Crippen LogP contribution is -2.15. The molecule has 1 aromatic heterocycles. The van der Waals surface area contributed by atoms with Gasteiger partial charge >= 0.3 is 6.09 Å². The maximum atomic E-state index is 11.4. The Kier molecular flexibility index (Phi) is 4.58. The minimum atomic E-state index is -0.746. The van der Waals surface area contributed by atoms with Gasteiger partial charge in [0.15, 0.2) is 5.82 Å². The minimum absolute atomic E-state index is 0.115. The Hall–Kier alpha value is -1.94. The lowest BCUT2D eigenvalue weighted by molar-refractivity contribution is 0.186. The van der Waals surface area contributed by atoms with Crippen molar-refractivity contribution in [2.75, 3.05) is 12.4 Å². The van der Waals surface area contributed by atoms with Gasteiger partial charge in [0.05, 0.1) is 34.1 Å². The van der Waals surface area contributed by atoms with Gasteiger partial charge < -0.3 is 4.74 Å². The largest absolute Gasteiger partial charge is 0.453 e. The number of nitriles is 1. The second kappa shape index (κ2) is 6.22. The van der Waals surface area contributed by atoms with Crippen LogP contribution in [0.15, 0.2) is 18.3 Å². The van der Waals surface area contributed by atoms with Gasteiger partial charge in [-0.25, -0.2) is 9.48 Å². The molecule has 0 aliphatic carbocycles. The molecule has 1 amide bonds. The molecule has 0 unspecified atom stereocenters. The van der Waals surface area contributed by atoms with E-state index in [0.29, 0.717) is 5.69 Å². The molecule has 1 heterocycles. The predicted octanol–water partition coefficient (Wildman–Crippen LogP) is 3.88. The number of halogens is 3. The molecule has 2 rings (SSSR count). The molecule has 0 spiro atoms. The number of carbonyl (C=O) groups excluding carboxylic acids is 1. The zero-order valence-corrected chi connectivity index (χ0v) is 12.8. The molecule has 2 aromatic rings. The summed E-state index contributed by atoms with van der Waals surface area (Å²) in [5, 5.41) is 16.0. The van der Waals surface area contributed by atoms with E-state index in [2.05, 4.69) is 15.2 Å². The van der Waals surface area contributed by atoms with Gasteiger partial charge in [-0.2, -0.15) is 10.4 Å². The van der Waals surface area contributed by atoms with Gasteiger partial charge in [-0.1, -0.05) is 34.8 Å². The van der Waals surface area contributed by atoms with Crippen LogP contribution in [0.25, 0.3) is 5.69 Å². The summed E-state index contributed by atoms with van der Waals surface area (Å²) in [7, 11) is 1.20. The summed E-state index contributed by atoms with van der Waals surface area (Å²) in [6.07, 6.45) is 0.536. The normalized spacial score (nSPS) is 10.0. The number of carbonyl (C=O) groups is 1. The lowest BCUT2D eigenvalue weighted by Gasteiger charge is -2.11. The number of benzene rings is 1. The fraction of sp³-hybridized carbons (Fsp3) is 0.0833. The van der Waals surface area contributed by atoms with Gasteiger partial charge in [-0.3, -0.25) is 5.32 Å². The Labute approximate surface area is 134 Å². The van der Waals surface area contributed by atoms with Gasteiger partial charge in [0.25, 0.3) is 0 Å². The van der Waals surface area contributed by atoms with Crippen molar-refractivity contribution < 1.29 is 9.53 Å². The molecule has 0 bridgehead atoms. The van der Waals surface area contributed by atoms with E-state index in [1.807, 2.05) is 6.07 Å². The maximum Gasteiger partial charge on any atom is 0.412 e. The molecule has 0 saturated carbocycles. The Morgan fingerprint density at radius 2 is 2.10 bits per heavy atom. The monoisotopic (exact) mass is 344 g/mol. The van der Waals surface area contributed by atoms with Crippen molar-refractivity contribution in [1.82, 2.24) is 9.78 Å². The molecule has 9 heteroatoms. The van der Waals surface area contributed by atoms with E-state index in [9.17, 15) is 4.79 Å². The number of nitrogens with zero attached hydrogens (tertiary/aromatic N) is 3. The fourth-order valence-electron chi connectivity index (χ4n) is 1.56. The van der Waals surface area contributed by atoms with Crippen molar-refractivity contribution >= 4 is 46.7 Å². The number of anilines is 1. The molecular formula is C12H7Cl3N4O2. The third kappa shape index (κ3) is 2.90. The number of hydrogen-bond donors (Lipinski definition) is 1. The van der Waals surface area contributed by atoms with Crippen LogP contribution in [0.5, 0.6) is 0 Å². The molecule has 0 fully saturated rings. The highest BCUT2D eigenvalue weighted by Gasteiger charge is 2.18. The fourth-order valence-corrected chi connectivity index (χ4v) is 2.17. The second-order valence-corrected chi connectivity index (χ2v) is 4.90. The highest BCUT2D eigenvalue weighted by molar-refractivity contribution is 6.48. The van der Waals surface area contributed by atoms with E-state index in [1.165, 1.54) is 24.1 Å². The van der Waals surface area contributed by atoms with E-state index in [1.54, 1.807) is 6.07 Å². The first-order valence-electron chi connectivity index (χ1n) is 5.46. The van der Waals surface area contributed by atoms with Crippen LogP contribution >= 0.6 is 34.8 Å². The smallest absolute Gasteiger partial charge is 0.412 e. The van der Waals surface area contributed by atoms with Crippen molar-refractivity contribution in [3.8, 4) is 11.8 Å². The maximum absolute atomic E-state index is 11.4. The van der Waals surface area contributed by atoms with Gasteiger partial charge in [0.2, 0.25) is 0 Å². The lowest BCUT2D eigenvalue weighted by atomic mass is 10.3. The summed E-state index contributed by atoms with van der Waals surface area (Å²) in [5.74, 6) is 0.115. The quantitative estimate of drug-likeness (QED) is 0.838. The first kappa shape index (κ1) is 15.4. The van der Waals surface area contributed by atoms with Crippen molar-refractivity contribution in [2.24, 2.45) is 0 Å². The average Bonchev–Trinajstić information content (AvgIpc) is 2.87. The van der Waals surface area contributed by atoms with Crippen molar-refractivity contribution in [2.45, 2.75) is 0 Å². The van der Waals surface area contributed by atoms with Gasteiger partial charge in [0, 0.05) is 0 Å². The summed E-state index contributed by atoms with van der Waals surface area (Å²) in [4.78, 5) is 11.4. The zero-order valence-electron chi connectivity index (χ0n) is 10.5. The molecule has 6 nitrogen and oxygen atoms in total. The summed E-state index contributed by atoms with van der Waals surface area (Å²) < 4.78 is 5.77. The van der Waals surface area contributed by atoms with Crippen molar-refractivity contribution in [3.05, 3.63) is 39.0 Å². The summed E-state index contributed by atoms with van der Waals surface area (Å²) in [6.45, 7) is 0. The molecule has 0 aliphatic heterocycles. The van der Waals surface area contributed by atoms with Gasteiger partial charge in [-0.05, 0) is 12.1 Å². The second-order valence-electron chi connectivity index (χ2n) is 3.74. The highest BCUT2D eigenvalue weighted by Crippen LogP contribution is 2.35.